The second-order valence-electron chi connectivity index (χ2n) is 6.49. The lowest BCUT2D eigenvalue weighted by molar-refractivity contribution is -0.118. The molecular formula is C20H23N3O6S. The van der Waals surface area contributed by atoms with Crippen LogP contribution in [0.1, 0.15) is 10.4 Å². The zero-order valence-electron chi connectivity index (χ0n) is 16.5. The zero-order chi connectivity index (χ0) is 21.6. The minimum absolute atomic E-state index is 0.0985. The van der Waals surface area contributed by atoms with E-state index in [9.17, 15) is 18.0 Å². The molecule has 1 fully saturated rings. The van der Waals surface area contributed by atoms with Crippen LogP contribution in [-0.2, 0) is 19.6 Å². The molecule has 9 nitrogen and oxygen atoms in total. The molecule has 2 aromatic carbocycles. The van der Waals surface area contributed by atoms with Crippen LogP contribution in [-0.4, -0.2) is 64.5 Å². The van der Waals surface area contributed by atoms with Gasteiger partial charge in [-0.2, -0.15) is 4.31 Å². The van der Waals surface area contributed by atoms with E-state index in [4.69, 9.17) is 9.47 Å². The van der Waals surface area contributed by atoms with Gasteiger partial charge in [0.25, 0.3) is 11.8 Å². The summed E-state index contributed by atoms with van der Waals surface area (Å²) in [6, 6.07) is 12.5. The molecule has 0 unspecified atom stereocenters. The number of hydrogen-bond donors (Lipinski definition) is 2. The van der Waals surface area contributed by atoms with Gasteiger partial charge in [0.2, 0.25) is 10.0 Å². The molecule has 2 N–H and O–H groups in total. The number of nitrogens with zero attached hydrogens (tertiary/aromatic N) is 1. The Morgan fingerprint density at radius 3 is 2.57 bits per heavy atom. The maximum atomic E-state index is 12.7. The van der Waals surface area contributed by atoms with Gasteiger partial charge in [0.15, 0.2) is 6.61 Å². The Morgan fingerprint density at radius 2 is 1.83 bits per heavy atom. The minimum atomic E-state index is -3.66. The first-order valence-corrected chi connectivity index (χ1v) is 10.8. The first-order chi connectivity index (χ1) is 14.4. The first kappa shape index (κ1) is 21.8. The van der Waals surface area contributed by atoms with Gasteiger partial charge in [0.1, 0.15) is 5.75 Å². The number of morpholine rings is 1. The van der Waals surface area contributed by atoms with E-state index < -0.39 is 15.9 Å². The molecule has 1 aliphatic heterocycles. The second-order valence-corrected chi connectivity index (χ2v) is 8.43. The summed E-state index contributed by atoms with van der Waals surface area (Å²) in [5.74, 6) is -0.348. The van der Waals surface area contributed by atoms with Gasteiger partial charge in [-0.25, -0.2) is 8.42 Å². The van der Waals surface area contributed by atoms with Crippen LogP contribution < -0.4 is 15.4 Å². The Labute approximate surface area is 175 Å². The lowest BCUT2D eigenvalue weighted by Crippen LogP contribution is -2.40. The van der Waals surface area contributed by atoms with Crippen LogP contribution in [0, 0.1) is 0 Å². The van der Waals surface area contributed by atoms with Crippen molar-refractivity contribution in [3.63, 3.8) is 0 Å². The van der Waals surface area contributed by atoms with Crippen LogP contribution in [0.25, 0.3) is 0 Å². The average molecular weight is 433 g/mol. The van der Waals surface area contributed by atoms with E-state index in [1.54, 1.807) is 30.3 Å². The molecule has 1 aliphatic rings. The Balaban J connectivity index is 1.62. The van der Waals surface area contributed by atoms with E-state index in [-0.39, 0.29) is 17.4 Å². The van der Waals surface area contributed by atoms with E-state index >= 15 is 0 Å². The van der Waals surface area contributed by atoms with Crippen molar-refractivity contribution in [2.45, 2.75) is 4.90 Å². The second kappa shape index (κ2) is 9.70. The van der Waals surface area contributed by atoms with Gasteiger partial charge < -0.3 is 20.1 Å². The molecule has 2 aromatic rings. The molecule has 0 radical (unpaired) electrons. The Bertz CT molecular complexity index is 1020. The maximum Gasteiger partial charge on any atom is 0.262 e. The highest BCUT2D eigenvalue weighted by atomic mass is 32.2. The molecule has 3 rings (SSSR count). The lowest BCUT2D eigenvalue weighted by atomic mass is 10.2. The molecule has 10 heteroatoms. The number of benzene rings is 2. The molecule has 0 aromatic heterocycles. The highest BCUT2D eigenvalue weighted by Gasteiger charge is 2.26. The van der Waals surface area contributed by atoms with E-state index in [2.05, 4.69) is 10.6 Å². The van der Waals surface area contributed by atoms with Crippen LogP contribution in [0.15, 0.2) is 53.4 Å². The maximum absolute atomic E-state index is 12.7. The SMILES string of the molecule is CNC(=O)c1cccc(OCC(=O)Nc2cccc(S(=O)(=O)N3CCOCC3)c2)c1. The highest BCUT2D eigenvalue weighted by molar-refractivity contribution is 7.89. The van der Waals surface area contributed by atoms with Gasteiger partial charge in [0, 0.05) is 31.4 Å². The molecule has 30 heavy (non-hydrogen) atoms. The Hall–Kier alpha value is -2.95. The van der Waals surface area contributed by atoms with Gasteiger partial charge in [-0.15, -0.1) is 0 Å². The summed E-state index contributed by atoms with van der Waals surface area (Å²) in [6.07, 6.45) is 0. The number of carbonyl (C=O) groups excluding carboxylic acids is 2. The molecule has 1 heterocycles. The molecule has 1 saturated heterocycles. The minimum Gasteiger partial charge on any atom is -0.484 e. The number of nitrogens with one attached hydrogen (secondary N) is 2. The van der Waals surface area contributed by atoms with Gasteiger partial charge in [0.05, 0.1) is 18.1 Å². The van der Waals surface area contributed by atoms with E-state index in [0.29, 0.717) is 43.3 Å². The van der Waals surface area contributed by atoms with Crippen molar-refractivity contribution >= 4 is 27.5 Å². The highest BCUT2D eigenvalue weighted by Crippen LogP contribution is 2.21. The van der Waals surface area contributed by atoms with Crippen LogP contribution in [0.3, 0.4) is 0 Å². The van der Waals surface area contributed by atoms with Crippen molar-refractivity contribution in [1.82, 2.24) is 9.62 Å². The number of anilines is 1. The zero-order valence-corrected chi connectivity index (χ0v) is 17.3. The van der Waals surface area contributed by atoms with Crippen molar-refractivity contribution in [3.8, 4) is 5.75 Å². The molecule has 0 spiro atoms. The predicted molar refractivity (Wildman–Crippen MR) is 110 cm³/mol. The van der Waals surface area contributed by atoms with Crippen molar-refractivity contribution in [2.24, 2.45) is 0 Å². The third-order valence-corrected chi connectivity index (χ3v) is 6.31. The van der Waals surface area contributed by atoms with Gasteiger partial charge in [-0.3, -0.25) is 9.59 Å². The largest absolute Gasteiger partial charge is 0.484 e. The summed E-state index contributed by atoms with van der Waals surface area (Å²) in [5, 5.41) is 5.14. The summed E-state index contributed by atoms with van der Waals surface area (Å²) in [4.78, 5) is 24.0. The monoisotopic (exact) mass is 433 g/mol. The molecule has 160 valence electrons. The Kier molecular flexibility index (Phi) is 7.03. The summed E-state index contributed by atoms with van der Waals surface area (Å²) < 4.78 is 37.5. The third kappa shape index (κ3) is 5.35. The number of rotatable bonds is 7. The van der Waals surface area contributed by atoms with E-state index in [1.165, 1.54) is 29.6 Å². The van der Waals surface area contributed by atoms with Gasteiger partial charge >= 0.3 is 0 Å². The normalized spacial score (nSPS) is 14.7. The van der Waals surface area contributed by atoms with Crippen molar-refractivity contribution in [1.29, 1.82) is 0 Å². The van der Waals surface area contributed by atoms with Crippen LogP contribution in [0.2, 0.25) is 0 Å². The fraction of sp³-hybridized carbons (Fsp3) is 0.300. The third-order valence-electron chi connectivity index (χ3n) is 4.42. The standard InChI is InChI=1S/C20H23N3O6S/c1-21-20(25)15-4-2-6-17(12-15)29-14-19(24)22-16-5-3-7-18(13-16)30(26,27)23-8-10-28-11-9-23/h2-7,12-13H,8-11,14H2,1H3,(H,21,25)(H,22,24). The molecule has 0 saturated carbocycles. The van der Waals surface area contributed by atoms with Crippen LogP contribution >= 0.6 is 0 Å². The fourth-order valence-corrected chi connectivity index (χ4v) is 4.34. The summed E-state index contributed by atoms with van der Waals surface area (Å²) >= 11 is 0. The number of ether oxygens (including phenoxy) is 2. The molecule has 0 aliphatic carbocycles. The van der Waals surface area contributed by atoms with Crippen LogP contribution in [0.4, 0.5) is 5.69 Å². The molecule has 2 amide bonds. The van der Waals surface area contributed by atoms with E-state index in [0.717, 1.165) is 0 Å². The number of carbonyl (C=O) groups is 2. The average Bonchev–Trinajstić information content (AvgIpc) is 2.78. The summed E-state index contributed by atoms with van der Waals surface area (Å²) in [6.45, 7) is 1.00. The Morgan fingerprint density at radius 1 is 1.10 bits per heavy atom. The number of hydrogen-bond acceptors (Lipinski definition) is 6. The predicted octanol–water partition coefficient (Wildman–Crippen LogP) is 1.08. The lowest BCUT2D eigenvalue weighted by Gasteiger charge is -2.26. The van der Waals surface area contributed by atoms with Crippen molar-refractivity contribution in [3.05, 3.63) is 54.1 Å². The molecule has 0 atom stereocenters. The summed E-state index contributed by atoms with van der Waals surface area (Å²) in [5.41, 5.74) is 0.758. The quantitative estimate of drug-likeness (QED) is 0.676. The fourth-order valence-electron chi connectivity index (χ4n) is 2.89. The number of amides is 2. The van der Waals surface area contributed by atoms with Gasteiger partial charge in [-0.1, -0.05) is 12.1 Å². The topological polar surface area (TPSA) is 114 Å². The smallest absolute Gasteiger partial charge is 0.262 e. The van der Waals surface area contributed by atoms with Crippen molar-refractivity contribution < 1.29 is 27.5 Å². The van der Waals surface area contributed by atoms with Gasteiger partial charge in [-0.05, 0) is 36.4 Å². The first-order valence-electron chi connectivity index (χ1n) is 9.33. The van der Waals surface area contributed by atoms with E-state index in [1.807, 2.05) is 0 Å². The van der Waals surface area contributed by atoms with Crippen molar-refractivity contribution in [2.75, 3.05) is 45.3 Å². The molecule has 0 bridgehead atoms. The van der Waals surface area contributed by atoms with Crippen LogP contribution in [0.5, 0.6) is 5.75 Å². The summed E-state index contributed by atoms with van der Waals surface area (Å²) in [7, 11) is -2.13. The number of sulfonamides is 1. The molecular weight excluding hydrogens is 410 g/mol.